The minimum Gasteiger partial charge on any atom is -0.460 e. The molecule has 2 fully saturated rings. The molecule has 1 saturated heterocycles. The molecule has 0 radical (unpaired) electrons. The quantitative estimate of drug-likeness (QED) is 0.724. The number of ether oxygens (including phenoxy) is 2. The number of carbonyl (C=O) groups excluding carboxylic acids is 2. The molecule has 1 amide bonds. The van der Waals surface area contributed by atoms with Crippen molar-refractivity contribution >= 4 is 12.1 Å². The van der Waals surface area contributed by atoms with Crippen LogP contribution in [-0.4, -0.2) is 40.5 Å². The van der Waals surface area contributed by atoms with Crippen molar-refractivity contribution in [2.75, 3.05) is 0 Å². The zero-order valence-corrected chi connectivity index (χ0v) is 16.8. The molecule has 1 unspecified atom stereocenters. The zero-order valence-electron chi connectivity index (χ0n) is 16.8. The van der Waals surface area contributed by atoms with Gasteiger partial charge in [-0.05, 0) is 47.0 Å². The summed E-state index contributed by atoms with van der Waals surface area (Å²) in [5.41, 5.74) is -1.71. The molecule has 1 heterocycles. The van der Waals surface area contributed by atoms with Gasteiger partial charge in [0.25, 0.3) is 0 Å². The highest BCUT2D eigenvalue weighted by molar-refractivity contribution is 5.76. The molecule has 26 heavy (non-hydrogen) atoms. The lowest BCUT2D eigenvalue weighted by Crippen LogP contribution is -2.46. The van der Waals surface area contributed by atoms with Crippen molar-refractivity contribution in [2.24, 2.45) is 11.8 Å². The van der Waals surface area contributed by atoms with E-state index in [0.717, 1.165) is 19.3 Å². The van der Waals surface area contributed by atoms with Crippen LogP contribution in [0.1, 0.15) is 79.6 Å². The molecule has 6 heteroatoms. The second-order valence-electron chi connectivity index (χ2n) is 9.41. The summed E-state index contributed by atoms with van der Waals surface area (Å²) < 4.78 is 11.0. The highest BCUT2D eigenvalue weighted by atomic mass is 16.6. The Morgan fingerprint density at radius 1 is 1.23 bits per heavy atom. The van der Waals surface area contributed by atoms with E-state index in [0.29, 0.717) is 12.3 Å². The van der Waals surface area contributed by atoms with Gasteiger partial charge < -0.3 is 19.9 Å². The van der Waals surface area contributed by atoms with Gasteiger partial charge in [-0.1, -0.05) is 32.1 Å². The van der Waals surface area contributed by atoms with Gasteiger partial charge >= 0.3 is 12.1 Å². The molecule has 1 aliphatic carbocycles. The van der Waals surface area contributed by atoms with Crippen molar-refractivity contribution in [3.8, 4) is 0 Å². The number of nitrogens with one attached hydrogen (secondary N) is 1. The Bertz CT molecular complexity index is 499. The van der Waals surface area contributed by atoms with Crippen LogP contribution in [0.5, 0.6) is 0 Å². The molecule has 2 aliphatic rings. The third-order valence-corrected chi connectivity index (χ3v) is 5.34. The molecule has 150 valence electrons. The summed E-state index contributed by atoms with van der Waals surface area (Å²) in [6.07, 6.45) is 6.24. The number of esters is 1. The Hall–Kier alpha value is -1.30. The van der Waals surface area contributed by atoms with Gasteiger partial charge in [0.15, 0.2) is 0 Å². The SMILES string of the molecule is CC(C)(C)OC(=O)N[C@@H](CC1CCCCC1)[C@@H]1CC(C(C)(C)O)C(=O)O1. The summed E-state index contributed by atoms with van der Waals surface area (Å²) >= 11 is 0. The Balaban J connectivity index is 2.07. The lowest BCUT2D eigenvalue weighted by Gasteiger charge is -2.31. The minimum absolute atomic E-state index is 0.288. The number of aliphatic hydroxyl groups is 1. The number of alkyl carbamates (subject to hydrolysis) is 1. The number of carbonyl (C=O) groups is 2. The summed E-state index contributed by atoms with van der Waals surface area (Å²) in [7, 11) is 0. The van der Waals surface area contributed by atoms with Crippen LogP contribution in [0, 0.1) is 11.8 Å². The lowest BCUT2D eigenvalue weighted by atomic mass is 9.81. The Morgan fingerprint density at radius 2 is 1.85 bits per heavy atom. The maximum absolute atomic E-state index is 12.3. The third kappa shape index (κ3) is 6.15. The maximum atomic E-state index is 12.3. The van der Waals surface area contributed by atoms with E-state index in [4.69, 9.17) is 9.47 Å². The van der Waals surface area contributed by atoms with Crippen molar-refractivity contribution in [3.05, 3.63) is 0 Å². The topological polar surface area (TPSA) is 84.9 Å². The molecule has 2 N–H and O–H groups in total. The van der Waals surface area contributed by atoms with Gasteiger partial charge in [0.1, 0.15) is 11.7 Å². The Kier molecular flexibility index (Phi) is 6.59. The number of rotatable bonds is 5. The van der Waals surface area contributed by atoms with Crippen molar-refractivity contribution in [2.45, 2.75) is 103 Å². The van der Waals surface area contributed by atoms with Crippen molar-refractivity contribution in [1.82, 2.24) is 5.32 Å². The fourth-order valence-corrected chi connectivity index (χ4v) is 3.98. The molecule has 0 spiro atoms. The van der Waals surface area contributed by atoms with Crippen LogP contribution in [-0.2, 0) is 14.3 Å². The number of cyclic esters (lactones) is 1. The predicted molar refractivity (Wildman–Crippen MR) is 98.6 cm³/mol. The highest BCUT2D eigenvalue weighted by Crippen LogP contribution is 2.35. The first-order valence-corrected chi connectivity index (χ1v) is 9.88. The fraction of sp³-hybridized carbons (Fsp3) is 0.900. The fourth-order valence-electron chi connectivity index (χ4n) is 3.98. The highest BCUT2D eigenvalue weighted by Gasteiger charge is 2.46. The van der Waals surface area contributed by atoms with Crippen LogP contribution < -0.4 is 5.32 Å². The molecule has 0 aromatic rings. The van der Waals surface area contributed by atoms with Gasteiger partial charge in [-0.25, -0.2) is 4.79 Å². The molecule has 0 aromatic carbocycles. The van der Waals surface area contributed by atoms with E-state index in [2.05, 4.69) is 5.32 Å². The molecule has 0 bridgehead atoms. The van der Waals surface area contributed by atoms with Crippen LogP contribution in [0.2, 0.25) is 0 Å². The van der Waals surface area contributed by atoms with Gasteiger partial charge in [0.2, 0.25) is 0 Å². The summed E-state index contributed by atoms with van der Waals surface area (Å²) in [5, 5.41) is 13.2. The predicted octanol–water partition coefficient (Wildman–Crippen LogP) is 3.55. The Morgan fingerprint density at radius 3 is 2.35 bits per heavy atom. The monoisotopic (exact) mass is 369 g/mol. The standard InChI is InChI=1S/C20H35NO5/c1-19(2,3)26-18(23)21-15(11-13-9-7-6-8-10-13)16-12-14(17(22)25-16)20(4,5)24/h13-16,24H,6-12H2,1-5H3,(H,21,23)/t14?,15-,16-/m0/s1. The average Bonchev–Trinajstić information content (AvgIpc) is 2.88. The van der Waals surface area contributed by atoms with Crippen molar-refractivity contribution < 1.29 is 24.2 Å². The summed E-state index contributed by atoms with van der Waals surface area (Å²) in [5.74, 6) is -0.437. The minimum atomic E-state index is -1.13. The van der Waals surface area contributed by atoms with Gasteiger partial charge in [0.05, 0.1) is 17.6 Å². The van der Waals surface area contributed by atoms with E-state index in [1.165, 1.54) is 19.3 Å². The zero-order chi connectivity index (χ0) is 19.5. The van der Waals surface area contributed by atoms with Crippen LogP contribution in [0.4, 0.5) is 4.79 Å². The lowest BCUT2D eigenvalue weighted by molar-refractivity contribution is -0.150. The van der Waals surface area contributed by atoms with E-state index in [-0.39, 0.29) is 12.0 Å². The molecule has 6 nitrogen and oxygen atoms in total. The van der Waals surface area contributed by atoms with Crippen LogP contribution >= 0.6 is 0 Å². The third-order valence-electron chi connectivity index (χ3n) is 5.34. The smallest absolute Gasteiger partial charge is 0.408 e. The summed E-state index contributed by atoms with van der Waals surface area (Å²) in [6.45, 7) is 8.71. The van der Waals surface area contributed by atoms with E-state index in [1.54, 1.807) is 13.8 Å². The van der Waals surface area contributed by atoms with Crippen molar-refractivity contribution in [1.29, 1.82) is 0 Å². The largest absolute Gasteiger partial charge is 0.460 e. The van der Waals surface area contributed by atoms with Crippen LogP contribution in [0.15, 0.2) is 0 Å². The first kappa shape index (κ1) is 21.0. The van der Waals surface area contributed by atoms with Gasteiger partial charge in [0, 0.05) is 6.42 Å². The van der Waals surface area contributed by atoms with Gasteiger partial charge in [-0.3, -0.25) is 4.79 Å². The van der Waals surface area contributed by atoms with Gasteiger partial charge in [-0.15, -0.1) is 0 Å². The summed E-state index contributed by atoms with van der Waals surface area (Å²) in [4.78, 5) is 24.5. The molecule has 2 rings (SSSR count). The second kappa shape index (κ2) is 8.15. The molecular formula is C20H35NO5. The molecule has 3 atom stereocenters. The molecular weight excluding hydrogens is 334 g/mol. The Labute approximate surface area is 157 Å². The maximum Gasteiger partial charge on any atom is 0.408 e. The number of hydrogen-bond donors (Lipinski definition) is 2. The normalized spacial score (nSPS) is 26.3. The van der Waals surface area contributed by atoms with E-state index >= 15 is 0 Å². The van der Waals surface area contributed by atoms with Crippen molar-refractivity contribution in [3.63, 3.8) is 0 Å². The number of amides is 1. The molecule has 1 saturated carbocycles. The first-order valence-electron chi connectivity index (χ1n) is 9.88. The van der Waals surface area contributed by atoms with Crippen LogP contribution in [0.3, 0.4) is 0 Å². The number of hydrogen-bond acceptors (Lipinski definition) is 5. The van der Waals surface area contributed by atoms with E-state index in [1.807, 2.05) is 20.8 Å². The molecule has 1 aliphatic heterocycles. The second-order valence-corrected chi connectivity index (χ2v) is 9.41. The molecule has 0 aromatic heterocycles. The van der Waals surface area contributed by atoms with E-state index < -0.39 is 29.3 Å². The van der Waals surface area contributed by atoms with E-state index in [9.17, 15) is 14.7 Å². The first-order chi connectivity index (χ1) is 12.0. The average molecular weight is 370 g/mol. The van der Waals surface area contributed by atoms with Crippen LogP contribution in [0.25, 0.3) is 0 Å². The summed E-state index contributed by atoms with van der Waals surface area (Å²) in [6, 6.07) is -0.288. The van der Waals surface area contributed by atoms with Gasteiger partial charge in [-0.2, -0.15) is 0 Å².